The van der Waals surface area contributed by atoms with E-state index in [1.54, 1.807) is 0 Å². The topological polar surface area (TPSA) is 160 Å². The van der Waals surface area contributed by atoms with Crippen molar-refractivity contribution >= 4 is 20.2 Å². The molecule has 1 aliphatic heterocycles. The van der Waals surface area contributed by atoms with Crippen molar-refractivity contribution in [2.24, 2.45) is 0 Å². The Morgan fingerprint density at radius 3 is 1.44 bits per heavy atom. The molecule has 1 saturated heterocycles. The summed E-state index contributed by atoms with van der Waals surface area (Å²) in [5.74, 6) is 0. The van der Waals surface area contributed by atoms with E-state index in [-0.39, 0.29) is 17.1 Å². The van der Waals surface area contributed by atoms with Crippen molar-refractivity contribution in [2.75, 3.05) is 13.1 Å². The number of alkyl halides is 6. The second kappa shape index (κ2) is 17.8. The Hall–Kier alpha value is -2.71. The number of likely N-dealkylation sites (tertiary alicyclic amines) is 1. The number of nitrogens with zero attached hydrogens (tertiary/aromatic N) is 5. The fourth-order valence-corrected chi connectivity index (χ4v) is 3.93. The molecule has 4 heterocycles. The van der Waals surface area contributed by atoms with Gasteiger partial charge < -0.3 is 9.11 Å². The minimum atomic E-state index is -6.09. The molecule has 20 heteroatoms. The van der Waals surface area contributed by atoms with Gasteiger partial charge in [0.1, 0.15) is 0 Å². The molecule has 1 fully saturated rings. The van der Waals surface area contributed by atoms with E-state index in [0.717, 1.165) is 49.8 Å². The van der Waals surface area contributed by atoms with Gasteiger partial charge in [0.2, 0.25) is 0 Å². The third kappa shape index (κ3) is 15.0. The Labute approximate surface area is 266 Å². The molecule has 0 bridgehead atoms. The van der Waals surface area contributed by atoms with Crippen LogP contribution in [0.15, 0.2) is 73.2 Å². The van der Waals surface area contributed by atoms with Crippen LogP contribution in [-0.2, 0) is 56.9 Å². The summed E-state index contributed by atoms with van der Waals surface area (Å²) >= 11 is 0. The predicted octanol–water partition coefficient (Wildman–Crippen LogP) is 3.64. The van der Waals surface area contributed by atoms with Crippen LogP contribution in [0.4, 0.5) is 26.3 Å². The second-order valence-corrected chi connectivity index (χ2v) is 11.9. The number of hydrogen-bond donors (Lipinski definition) is 0. The van der Waals surface area contributed by atoms with Crippen LogP contribution in [-0.4, -0.2) is 80.8 Å². The first-order valence-corrected chi connectivity index (χ1v) is 15.4. The summed E-state index contributed by atoms with van der Waals surface area (Å²) in [6.45, 7) is 4.76. The number of aromatic nitrogens is 3. The minimum Gasteiger partial charge on any atom is -0.741 e. The number of rotatable bonds is 8. The molecule has 0 unspecified atom stereocenters. The van der Waals surface area contributed by atoms with Crippen LogP contribution >= 0.6 is 0 Å². The van der Waals surface area contributed by atoms with Gasteiger partial charge in [0, 0.05) is 50.8 Å². The first kappa shape index (κ1) is 40.3. The molecule has 1 aliphatic rings. The van der Waals surface area contributed by atoms with Crippen LogP contribution in [0, 0.1) is 0 Å². The normalized spacial score (nSPS) is 15.7. The van der Waals surface area contributed by atoms with Crippen molar-refractivity contribution in [1.82, 2.24) is 24.8 Å². The fraction of sp³-hybridized carbons (Fsp3) is 0.400. The van der Waals surface area contributed by atoms with E-state index < -0.39 is 31.3 Å². The van der Waals surface area contributed by atoms with Gasteiger partial charge in [-0.3, -0.25) is 24.8 Å². The van der Waals surface area contributed by atoms with Gasteiger partial charge in [0.25, 0.3) is 0 Å². The average Bonchev–Trinajstić information content (AvgIpc) is 3.35. The Kier molecular flexibility index (Phi) is 16.0. The molecule has 3 aromatic heterocycles. The molecule has 0 spiro atoms. The monoisotopic (exact) mass is 726 g/mol. The molecule has 11 nitrogen and oxygen atoms in total. The summed E-state index contributed by atoms with van der Waals surface area (Å²) in [4.78, 5) is 18.6. The first-order chi connectivity index (χ1) is 20.4. The molecule has 45 heavy (non-hydrogen) atoms. The maximum absolute atomic E-state index is 10.7. The molecule has 0 aromatic carbocycles. The summed E-state index contributed by atoms with van der Waals surface area (Å²) in [7, 11) is -12.2. The SMILES string of the molecule is O=S(=O)([O-])C(F)(F)F.O=S(=O)([O-])C(F)(F)F.[Mn+2].c1ccc(CN(Cc2ccccn2)C[C@@H]2CCCN2Cc2ccccn2)nc1. The molecule has 0 saturated carbocycles. The third-order valence-corrected chi connectivity index (χ3v) is 6.98. The van der Waals surface area contributed by atoms with Gasteiger partial charge in [0.05, 0.1) is 17.1 Å². The van der Waals surface area contributed by atoms with Gasteiger partial charge in [-0.2, -0.15) is 26.3 Å². The van der Waals surface area contributed by atoms with E-state index in [9.17, 15) is 26.3 Å². The molecule has 0 amide bonds. The van der Waals surface area contributed by atoms with Crippen LogP contribution in [0.25, 0.3) is 0 Å². The van der Waals surface area contributed by atoms with Crippen molar-refractivity contribution in [3.05, 3.63) is 90.3 Å². The van der Waals surface area contributed by atoms with Gasteiger partial charge in [-0.25, -0.2) is 16.8 Å². The van der Waals surface area contributed by atoms with Crippen LogP contribution in [0.3, 0.4) is 0 Å². The van der Waals surface area contributed by atoms with Crippen molar-refractivity contribution in [3.8, 4) is 0 Å². The Morgan fingerprint density at radius 2 is 1.11 bits per heavy atom. The Balaban J connectivity index is 0.000000495. The molecular formula is C25H27F6MnN5O6S2. The van der Waals surface area contributed by atoms with Crippen LogP contribution < -0.4 is 0 Å². The maximum Gasteiger partial charge on any atom is 2.00 e. The van der Waals surface area contributed by atoms with Crippen molar-refractivity contribution in [2.45, 2.75) is 49.5 Å². The van der Waals surface area contributed by atoms with Crippen molar-refractivity contribution in [1.29, 1.82) is 0 Å². The number of halogens is 6. The molecule has 0 aliphatic carbocycles. The van der Waals surface area contributed by atoms with E-state index in [2.05, 4.69) is 61.1 Å². The molecule has 3 aromatic rings. The van der Waals surface area contributed by atoms with E-state index in [4.69, 9.17) is 25.9 Å². The first-order valence-electron chi connectivity index (χ1n) is 12.6. The average molecular weight is 727 g/mol. The van der Waals surface area contributed by atoms with E-state index >= 15 is 0 Å². The van der Waals surface area contributed by atoms with E-state index in [1.807, 2.05) is 36.8 Å². The second-order valence-electron chi connectivity index (χ2n) is 9.20. The molecule has 0 N–H and O–H groups in total. The van der Waals surface area contributed by atoms with Crippen molar-refractivity contribution < 1.29 is 69.4 Å². The zero-order valence-corrected chi connectivity index (χ0v) is 25.9. The van der Waals surface area contributed by atoms with E-state index in [1.165, 1.54) is 12.8 Å². The molecule has 1 radical (unpaired) electrons. The third-order valence-electron chi connectivity index (χ3n) is 5.85. The maximum atomic E-state index is 10.7. The summed E-state index contributed by atoms with van der Waals surface area (Å²) in [5, 5.41) is 0. The van der Waals surface area contributed by atoms with Gasteiger partial charge >= 0.3 is 28.1 Å². The smallest absolute Gasteiger partial charge is 0.741 e. The van der Waals surface area contributed by atoms with Gasteiger partial charge in [-0.15, -0.1) is 0 Å². The van der Waals surface area contributed by atoms with Gasteiger partial charge in [0.15, 0.2) is 20.2 Å². The minimum absolute atomic E-state index is 0. The largest absolute Gasteiger partial charge is 2.00 e. The summed E-state index contributed by atoms with van der Waals surface area (Å²) < 4.78 is 118. The van der Waals surface area contributed by atoms with Crippen LogP contribution in [0.2, 0.25) is 0 Å². The predicted molar refractivity (Wildman–Crippen MR) is 142 cm³/mol. The van der Waals surface area contributed by atoms with Gasteiger partial charge in [-0.05, 0) is 55.8 Å². The number of hydrogen-bond acceptors (Lipinski definition) is 11. The van der Waals surface area contributed by atoms with Crippen LogP contribution in [0.1, 0.15) is 29.9 Å². The van der Waals surface area contributed by atoms with Crippen LogP contribution in [0.5, 0.6) is 0 Å². The molecular weight excluding hydrogens is 699 g/mol. The number of pyridine rings is 3. The Morgan fingerprint density at radius 1 is 0.733 bits per heavy atom. The fourth-order valence-electron chi connectivity index (χ4n) is 3.93. The quantitative estimate of drug-likeness (QED) is 0.144. The summed E-state index contributed by atoms with van der Waals surface area (Å²) in [5.41, 5.74) is -7.93. The standard InChI is InChI=1S/C23H27N5.2CHF3O3S.Mn/c1-4-12-24-20(8-1)16-27(17-21-9-2-5-13-25-21)19-23-11-7-15-28(23)18-22-10-3-6-14-26-22;2*2-1(3,4)8(5,6)7;/h1-6,8-10,12-14,23H,7,11,15-19H2;2*(H,5,6,7);/q;;;+2/p-2/t23-;;;/m0.../s1. The molecule has 4 rings (SSSR count). The summed E-state index contributed by atoms with van der Waals surface area (Å²) in [6, 6.07) is 19.0. The Bertz CT molecular complexity index is 1410. The molecule has 1 atom stereocenters. The summed E-state index contributed by atoms with van der Waals surface area (Å²) in [6.07, 6.45) is 8.11. The zero-order valence-electron chi connectivity index (χ0n) is 23.1. The van der Waals surface area contributed by atoms with Crippen molar-refractivity contribution in [3.63, 3.8) is 0 Å². The van der Waals surface area contributed by atoms with Gasteiger partial charge in [-0.1, -0.05) is 18.2 Å². The zero-order chi connectivity index (χ0) is 33.0. The van der Waals surface area contributed by atoms with E-state index in [0.29, 0.717) is 6.04 Å². The molecule has 249 valence electrons.